The standard InChI is InChI=1S/C12H16F3NS/c1-3-10(16)11(12(13,14)15)17-9-6-4-5-8(2)7-9/h4-7,10-11H,3,16H2,1-2H3. The number of hydrogen-bond acceptors (Lipinski definition) is 2. The molecular formula is C12H16F3NS. The smallest absolute Gasteiger partial charge is 0.326 e. The van der Waals surface area contributed by atoms with E-state index in [4.69, 9.17) is 5.73 Å². The lowest BCUT2D eigenvalue weighted by Crippen LogP contribution is -2.42. The summed E-state index contributed by atoms with van der Waals surface area (Å²) in [4.78, 5) is 0.608. The highest BCUT2D eigenvalue weighted by Crippen LogP contribution is 2.37. The Bertz CT molecular complexity index is 365. The normalized spacial score (nSPS) is 15.6. The number of hydrogen-bond donors (Lipinski definition) is 1. The van der Waals surface area contributed by atoms with Crippen LogP contribution in [0.25, 0.3) is 0 Å². The number of rotatable bonds is 4. The van der Waals surface area contributed by atoms with Gasteiger partial charge in [0.15, 0.2) is 0 Å². The summed E-state index contributed by atoms with van der Waals surface area (Å²) < 4.78 is 38.5. The van der Waals surface area contributed by atoms with Crippen molar-refractivity contribution >= 4 is 11.8 Å². The van der Waals surface area contributed by atoms with Crippen molar-refractivity contribution in [2.45, 2.75) is 42.6 Å². The van der Waals surface area contributed by atoms with Gasteiger partial charge >= 0.3 is 6.18 Å². The van der Waals surface area contributed by atoms with E-state index in [1.54, 1.807) is 25.1 Å². The summed E-state index contributed by atoms with van der Waals surface area (Å²) in [5.41, 5.74) is 6.49. The Hall–Kier alpha value is -0.680. The first-order valence-electron chi connectivity index (χ1n) is 5.40. The predicted octanol–water partition coefficient (Wildman–Crippen LogP) is 3.76. The van der Waals surface area contributed by atoms with Gasteiger partial charge < -0.3 is 5.73 Å². The molecular weight excluding hydrogens is 247 g/mol. The SMILES string of the molecule is CCC(N)C(Sc1cccc(C)c1)C(F)(F)F. The monoisotopic (exact) mass is 263 g/mol. The average molecular weight is 263 g/mol. The quantitative estimate of drug-likeness (QED) is 0.837. The van der Waals surface area contributed by atoms with Crippen LogP contribution in [0.1, 0.15) is 18.9 Å². The fourth-order valence-electron chi connectivity index (χ4n) is 1.45. The Labute approximate surface area is 104 Å². The zero-order valence-electron chi connectivity index (χ0n) is 9.79. The zero-order chi connectivity index (χ0) is 13.1. The van der Waals surface area contributed by atoms with Gasteiger partial charge in [0, 0.05) is 10.9 Å². The Morgan fingerprint density at radius 2 is 2.00 bits per heavy atom. The first-order chi connectivity index (χ1) is 7.84. The van der Waals surface area contributed by atoms with E-state index >= 15 is 0 Å². The summed E-state index contributed by atoms with van der Waals surface area (Å²) in [7, 11) is 0. The lowest BCUT2D eigenvalue weighted by Gasteiger charge is -2.25. The summed E-state index contributed by atoms with van der Waals surface area (Å²) in [6.07, 6.45) is -3.97. The summed E-state index contributed by atoms with van der Waals surface area (Å²) in [5.74, 6) is 0. The van der Waals surface area contributed by atoms with Gasteiger partial charge in [0.05, 0.1) is 0 Å². The molecule has 1 rings (SSSR count). The van der Waals surface area contributed by atoms with Crippen LogP contribution in [0.4, 0.5) is 13.2 Å². The van der Waals surface area contributed by atoms with Crippen molar-refractivity contribution in [3.05, 3.63) is 29.8 Å². The summed E-state index contributed by atoms with van der Waals surface area (Å²) in [5, 5.41) is -1.55. The number of benzene rings is 1. The lowest BCUT2D eigenvalue weighted by molar-refractivity contribution is -0.132. The highest BCUT2D eigenvalue weighted by Gasteiger charge is 2.43. The Balaban J connectivity index is 2.87. The topological polar surface area (TPSA) is 26.0 Å². The average Bonchev–Trinajstić information content (AvgIpc) is 2.23. The van der Waals surface area contributed by atoms with E-state index in [0.29, 0.717) is 11.3 Å². The molecule has 0 fully saturated rings. The number of halogens is 3. The van der Waals surface area contributed by atoms with Crippen molar-refractivity contribution in [1.29, 1.82) is 0 Å². The van der Waals surface area contributed by atoms with Gasteiger partial charge in [0.25, 0.3) is 0 Å². The minimum Gasteiger partial charge on any atom is -0.326 e. The third-order valence-corrected chi connectivity index (χ3v) is 3.83. The van der Waals surface area contributed by atoms with Gasteiger partial charge in [-0.05, 0) is 25.5 Å². The molecule has 5 heteroatoms. The van der Waals surface area contributed by atoms with Crippen LogP contribution in [-0.4, -0.2) is 17.5 Å². The molecule has 2 N–H and O–H groups in total. The molecule has 0 heterocycles. The summed E-state index contributed by atoms with van der Waals surface area (Å²) in [6, 6.07) is 6.15. The van der Waals surface area contributed by atoms with E-state index in [-0.39, 0.29) is 0 Å². The lowest BCUT2D eigenvalue weighted by atomic mass is 10.1. The van der Waals surface area contributed by atoms with E-state index in [0.717, 1.165) is 17.3 Å². The minimum atomic E-state index is -4.27. The van der Waals surface area contributed by atoms with Gasteiger partial charge in [0.2, 0.25) is 0 Å². The van der Waals surface area contributed by atoms with Crippen LogP contribution in [0.5, 0.6) is 0 Å². The Morgan fingerprint density at radius 3 is 2.47 bits per heavy atom. The molecule has 1 nitrogen and oxygen atoms in total. The minimum absolute atomic E-state index is 0.309. The van der Waals surface area contributed by atoms with Crippen LogP contribution < -0.4 is 5.73 Å². The van der Waals surface area contributed by atoms with Crippen molar-refractivity contribution < 1.29 is 13.2 Å². The van der Waals surface area contributed by atoms with Gasteiger partial charge in [-0.15, -0.1) is 11.8 Å². The molecule has 2 unspecified atom stereocenters. The van der Waals surface area contributed by atoms with E-state index in [9.17, 15) is 13.2 Å². The number of alkyl halides is 3. The largest absolute Gasteiger partial charge is 0.402 e. The van der Waals surface area contributed by atoms with Crippen molar-refractivity contribution in [3.63, 3.8) is 0 Å². The maximum atomic E-state index is 12.8. The fraction of sp³-hybridized carbons (Fsp3) is 0.500. The van der Waals surface area contributed by atoms with Gasteiger partial charge in [-0.1, -0.05) is 24.6 Å². The highest BCUT2D eigenvalue weighted by molar-refractivity contribution is 8.00. The third-order valence-electron chi connectivity index (χ3n) is 2.44. The van der Waals surface area contributed by atoms with Crippen molar-refractivity contribution in [3.8, 4) is 0 Å². The third kappa shape index (κ3) is 4.24. The molecule has 96 valence electrons. The van der Waals surface area contributed by atoms with Crippen LogP contribution in [0, 0.1) is 6.92 Å². The second-order valence-corrected chi connectivity index (χ2v) is 5.18. The molecule has 0 saturated carbocycles. The predicted molar refractivity (Wildman–Crippen MR) is 65.1 cm³/mol. The van der Waals surface area contributed by atoms with Gasteiger partial charge in [0.1, 0.15) is 5.25 Å². The molecule has 0 aliphatic carbocycles. The molecule has 1 aromatic carbocycles. The second kappa shape index (κ2) is 5.78. The second-order valence-electron chi connectivity index (χ2n) is 3.97. The first kappa shape index (κ1) is 14.4. The molecule has 17 heavy (non-hydrogen) atoms. The molecule has 0 aromatic heterocycles. The first-order valence-corrected chi connectivity index (χ1v) is 6.28. The van der Waals surface area contributed by atoms with E-state index in [2.05, 4.69) is 0 Å². The highest BCUT2D eigenvalue weighted by atomic mass is 32.2. The molecule has 0 saturated heterocycles. The fourth-order valence-corrected chi connectivity index (χ4v) is 2.65. The van der Waals surface area contributed by atoms with E-state index < -0.39 is 17.5 Å². The van der Waals surface area contributed by atoms with Crippen LogP contribution in [-0.2, 0) is 0 Å². The van der Waals surface area contributed by atoms with Gasteiger partial charge in [-0.25, -0.2) is 0 Å². The maximum absolute atomic E-state index is 12.8. The molecule has 0 radical (unpaired) electrons. The van der Waals surface area contributed by atoms with Crippen molar-refractivity contribution in [2.24, 2.45) is 5.73 Å². The molecule has 0 amide bonds. The van der Waals surface area contributed by atoms with Crippen LogP contribution >= 0.6 is 11.8 Å². The molecule has 2 atom stereocenters. The van der Waals surface area contributed by atoms with Crippen molar-refractivity contribution in [1.82, 2.24) is 0 Å². The molecule has 0 bridgehead atoms. The number of thioether (sulfide) groups is 1. The molecule has 0 aliphatic rings. The zero-order valence-corrected chi connectivity index (χ0v) is 10.6. The van der Waals surface area contributed by atoms with Crippen LogP contribution in [0.15, 0.2) is 29.2 Å². The Morgan fingerprint density at radius 1 is 1.35 bits per heavy atom. The van der Waals surface area contributed by atoms with Crippen LogP contribution in [0.2, 0.25) is 0 Å². The summed E-state index contributed by atoms with van der Waals surface area (Å²) in [6.45, 7) is 3.52. The molecule has 0 spiro atoms. The number of nitrogens with two attached hydrogens (primary N) is 1. The maximum Gasteiger partial charge on any atom is 0.402 e. The number of aryl methyl sites for hydroxylation is 1. The Kier molecular flexibility index (Phi) is 4.89. The van der Waals surface area contributed by atoms with E-state index in [1.807, 2.05) is 13.0 Å². The molecule has 1 aromatic rings. The van der Waals surface area contributed by atoms with Crippen molar-refractivity contribution in [2.75, 3.05) is 0 Å². The van der Waals surface area contributed by atoms with E-state index in [1.165, 1.54) is 0 Å². The van der Waals surface area contributed by atoms with Crippen LogP contribution in [0.3, 0.4) is 0 Å². The molecule has 0 aliphatic heterocycles. The summed E-state index contributed by atoms with van der Waals surface area (Å²) >= 11 is 0.792. The van der Waals surface area contributed by atoms with Gasteiger partial charge in [-0.2, -0.15) is 13.2 Å². The van der Waals surface area contributed by atoms with Gasteiger partial charge in [-0.3, -0.25) is 0 Å².